The van der Waals surface area contributed by atoms with Gasteiger partial charge in [-0.3, -0.25) is 9.69 Å². The first-order chi connectivity index (χ1) is 16.0. The average Bonchev–Trinajstić information content (AvgIpc) is 3.08. The fraction of sp³-hybridized carbons (Fsp3) is 0.320. The molecule has 1 aliphatic heterocycles. The maximum Gasteiger partial charge on any atom is 0.331 e. The normalized spacial score (nSPS) is 15.7. The van der Waals surface area contributed by atoms with Gasteiger partial charge in [0.1, 0.15) is 4.32 Å². The lowest BCUT2D eigenvalue weighted by Gasteiger charge is -2.23. The monoisotopic (exact) mass is 485 g/mol. The molecule has 1 aliphatic rings. The number of hydrogen-bond acceptors (Lipinski definition) is 6. The van der Waals surface area contributed by atoms with Crippen LogP contribution in [0.2, 0.25) is 0 Å². The van der Waals surface area contributed by atoms with Gasteiger partial charge in [-0.1, -0.05) is 86.6 Å². The molecule has 1 heterocycles. The first kappa shape index (κ1) is 24.8. The molecular formula is C25H27NO5S2. The molecule has 8 heteroatoms. The van der Waals surface area contributed by atoms with Crippen molar-refractivity contribution < 1.29 is 24.2 Å². The van der Waals surface area contributed by atoms with Gasteiger partial charge in [0.15, 0.2) is 17.5 Å². The first-order valence-electron chi connectivity index (χ1n) is 10.8. The Kier molecular flexibility index (Phi) is 8.91. The molecule has 0 spiro atoms. The van der Waals surface area contributed by atoms with E-state index in [9.17, 15) is 14.7 Å². The number of thiocarbonyl (C=S) groups is 1. The summed E-state index contributed by atoms with van der Waals surface area (Å²) in [6.07, 6.45) is 6.15. The van der Waals surface area contributed by atoms with Crippen LogP contribution in [0, 0.1) is 0 Å². The number of carbonyl (C=O) groups excluding carboxylic acids is 1. The maximum atomic E-state index is 13.1. The largest absolute Gasteiger partial charge is 0.493 e. The summed E-state index contributed by atoms with van der Waals surface area (Å²) in [5.41, 5.74) is 1.22. The van der Waals surface area contributed by atoms with Crippen molar-refractivity contribution in [1.82, 2.24) is 4.90 Å². The van der Waals surface area contributed by atoms with Gasteiger partial charge in [-0.15, -0.1) is 0 Å². The van der Waals surface area contributed by atoms with Gasteiger partial charge in [-0.25, -0.2) is 4.79 Å². The third kappa shape index (κ3) is 6.15. The Morgan fingerprint density at radius 3 is 2.58 bits per heavy atom. The standard InChI is InChI=1S/C25H27NO5S2/c1-3-4-5-9-14-31-19-13-12-17(15-20(19)30-2)16-21-23(27)26(25(32)33-21)22(24(28)29)18-10-7-6-8-11-18/h6-8,10-13,15-16,22H,3-5,9,14H2,1-2H3,(H,28,29)/b21-16+/t22-/m0/s1. The lowest BCUT2D eigenvalue weighted by molar-refractivity contribution is -0.145. The van der Waals surface area contributed by atoms with Crippen LogP contribution in [0.15, 0.2) is 53.4 Å². The summed E-state index contributed by atoms with van der Waals surface area (Å²) < 4.78 is 11.5. The second-order valence-electron chi connectivity index (χ2n) is 7.52. The number of thioether (sulfide) groups is 1. The third-order valence-electron chi connectivity index (χ3n) is 5.17. The molecule has 33 heavy (non-hydrogen) atoms. The number of nitrogens with zero attached hydrogens (tertiary/aromatic N) is 1. The fourth-order valence-corrected chi connectivity index (χ4v) is 4.81. The fourth-order valence-electron chi connectivity index (χ4n) is 3.50. The third-order valence-corrected chi connectivity index (χ3v) is 6.50. The summed E-state index contributed by atoms with van der Waals surface area (Å²) in [5.74, 6) is -0.353. The number of carboxylic acids is 1. The molecule has 1 saturated heterocycles. The number of carboxylic acid groups (broad SMARTS) is 1. The van der Waals surface area contributed by atoms with Crippen molar-refractivity contribution >= 4 is 46.3 Å². The molecule has 6 nitrogen and oxygen atoms in total. The quantitative estimate of drug-likeness (QED) is 0.249. The highest BCUT2D eigenvalue weighted by Crippen LogP contribution is 2.39. The van der Waals surface area contributed by atoms with E-state index in [1.54, 1.807) is 49.6 Å². The number of hydrogen-bond donors (Lipinski definition) is 1. The van der Waals surface area contributed by atoms with E-state index >= 15 is 0 Å². The van der Waals surface area contributed by atoms with E-state index in [1.165, 1.54) is 12.8 Å². The minimum atomic E-state index is -1.18. The van der Waals surface area contributed by atoms with Crippen LogP contribution in [0.3, 0.4) is 0 Å². The SMILES string of the molecule is CCCCCCOc1ccc(/C=C2/SC(=S)N([C@H](C(=O)O)c3ccccc3)C2=O)cc1OC. The number of carbonyl (C=O) groups is 2. The molecule has 174 valence electrons. The number of benzene rings is 2. The number of ether oxygens (including phenoxy) is 2. The number of amides is 1. The van der Waals surface area contributed by atoms with Crippen LogP contribution in [-0.2, 0) is 9.59 Å². The zero-order valence-corrected chi connectivity index (χ0v) is 20.3. The molecule has 2 aromatic carbocycles. The molecule has 0 radical (unpaired) electrons. The van der Waals surface area contributed by atoms with Crippen molar-refractivity contribution in [2.24, 2.45) is 0 Å². The maximum absolute atomic E-state index is 13.1. The highest BCUT2D eigenvalue weighted by molar-refractivity contribution is 8.26. The molecule has 0 aliphatic carbocycles. The predicted molar refractivity (Wildman–Crippen MR) is 134 cm³/mol. The van der Waals surface area contributed by atoms with Gasteiger partial charge in [-0.05, 0) is 35.8 Å². The molecule has 0 bridgehead atoms. The summed E-state index contributed by atoms with van der Waals surface area (Å²) in [4.78, 5) is 26.6. The van der Waals surface area contributed by atoms with Crippen molar-refractivity contribution in [3.05, 3.63) is 64.6 Å². The number of unbranched alkanes of at least 4 members (excludes halogenated alkanes) is 3. The Bertz CT molecular complexity index is 1040. The Morgan fingerprint density at radius 2 is 1.91 bits per heavy atom. The van der Waals surface area contributed by atoms with E-state index in [-0.39, 0.29) is 4.32 Å². The summed E-state index contributed by atoms with van der Waals surface area (Å²) in [5, 5.41) is 9.80. The van der Waals surface area contributed by atoms with E-state index in [2.05, 4.69) is 6.92 Å². The minimum absolute atomic E-state index is 0.210. The van der Waals surface area contributed by atoms with Gasteiger partial charge in [-0.2, -0.15) is 0 Å². The Morgan fingerprint density at radius 1 is 1.15 bits per heavy atom. The van der Waals surface area contributed by atoms with Crippen LogP contribution in [-0.4, -0.2) is 39.9 Å². The van der Waals surface area contributed by atoms with Crippen molar-refractivity contribution in [2.75, 3.05) is 13.7 Å². The van der Waals surface area contributed by atoms with Gasteiger partial charge < -0.3 is 14.6 Å². The van der Waals surface area contributed by atoms with Crippen molar-refractivity contribution in [2.45, 2.75) is 38.6 Å². The van der Waals surface area contributed by atoms with Gasteiger partial charge in [0.05, 0.1) is 18.6 Å². The minimum Gasteiger partial charge on any atom is -0.493 e. The number of aliphatic carboxylic acids is 1. The van der Waals surface area contributed by atoms with Crippen molar-refractivity contribution in [3.63, 3.8) is 0 Å². The van der Waals surface area contributed by atoms with Crippen LogP contribution in [0.4, 0.5) is 0 Å². The van der Waals surface area contributed by atoms with Gasteiger partial charge in [0.2, 0.25) is 0 Å². The summed E-state index contributed by atoms with van der Waals surface area (Å²) in [6.45, 7) is 2.78. The Labute approximate surface area is 203 Å². The van der Waals surface area contributed by atoms with Crippen LogP contribution in [0.1, 0.15) is 49.8 Å². The smallest absolute Gasteiger partial charge is 0.331 e. The van der Waals surface area contributed by atoms with Gasteiger partial charge >= 0.3 is 5.97 Å². The van der Waals surface area contributed by atoms with E-state index in [1.807, 2.05) is 12.1 Å². The Hall–Kier alpha value is -2.84. The topological polar surface area (TPSA) is 76.1 Å². The van der Waals surface area contributed by atoms with Crippen LogP contribution < -0.4 is 9.47 Å². The second kappa shape index (κ2) is 11.9. The van der Waals surface area contributed by atoms with Gasteiger partial charge in [0.25, 0.3) is 5.91 Å². The molecule has 1 N–H and O–H groups in total. The lowest BCUT2D eigenvalue weighted by atomic mass is 10.1. The molecule has 1 atom stereocenters. The number of rotatable bonds is 11. The first-order valence-corrected chi connectivity index (χ1v) is 12.0. The highest BCUT2D eigenvalue weighted by atomic mass is 32.2. The summed E-state index contributed by atoms with van der Waals surface area (Å²) >= 11 is 6.46. The Balaban J connectivity index is 1.79. The molecule has 1 fully saturated rings. The van der Waals surface area contributed by atoms with E-state index in [0.29, 0.717) is 28.6 Å². The van der Waals surface area contributed by atoms with E-state index < -0.39 is 17.9 Å². The van der Waals surface area contributed by atoms with Crippen LogP contribution in [0.5, 0.6) is 11.5 Å². The van der Waals surface area contributed by atoms with Crippen molar-refractivity contribution in [3.8, 4) is 11.5 Å². The molecular weight excluding hydrogens is 458 g/mol. The van der Waals surface area contributed by atoms with Gasteiger partial charge in [0, 0.05) is 0 Å². The second-order valence-corrected chi connectivity index (χ2v) is 9.20. The summed E-state index contributed by atoms with van der Waals surface area (Å²) in [6, 6.07) is 12.9. The zero-order valence-electron chi connectivity index (χ0n) is 18.7. The number of methoxy groups -OCH3 is 1. The molecule has 3 rings (SSSR count). The van der Waals surface area contributed by atoms with E-state index in [0.717, 1.165) is 35.1 Å². The summed E-state index contributed by atoms with van der Waals surface area (Å²) in [7, 11) is 1.57. The lowest BCUT2D eigenvalue weighted by Crippen LogP contribution is -2.37. The zero-order chi connectivity index (χ0) is 23.8. The molecule has 1 amide bonds. The molecule has 0 saturated carbocycles. The van der Waals surface area contributed by atoms with Crippen LogP contribution in [0.25, 0.3) is 6.08 Å². The molecule has 0 unspecified atom stereocenters. The predicted octanol–water partition coefficient (Wildman–Crippen LogP) is 5.68. The molecule has 2 aromatic rings. The van der Waals surface area contributed by atoms with Crippen LogP contribution >= 0.6 is 24.0 Å². The van der Waals surface area contributed by atoms with Crippen molar-refractivity contribution in [1.29, 1.82) is 0 Å². The average molecular weight is 486 g/mol. The highest BCUT2D eigenvalue weighted by Gasteiger charge is 2.41. The molecule has 0 aromatic heterocycles. The van der Waals surface area contributed by atoms with E-state index in [4.69, 9.17) is 21.7 Å².